The summed E-state index contributed by atoms with van der Waals surface area (Å²) in [5.41, 5.74) is 2.40. The lowest BCUT2D eigenvalue weighted by atomic mass is 9.79. The second-order valence-corrected chi connectivity index (χ2v) is 9.46. The van der Waals surface area contributed by atoms with Crippen LogP contribution in [0.1, 0.15) is 36.2 Å². The average molecular weight is 532 g/mol. The van der Waals surface area contributed by atoms with Crippen LogP contribution in [-0.4, -0.2) is 73.2 Å². The van der Waals surface area contributed by atoms with Crippen LogP contribution in [-0.2, 0) is 39.9 Å². The number of anilines is 1. The highest BCUT2D eigenvalue weighted by Crippen LogP contribution is 2.45. The molecule has 37 heavy (non-hydrogen) atoms. The Bertz CT molecular complexity index is 1160. The van der Waals surface area contributed by atoms with Crippen molar-refractivity contribution >= 4 is 17.8 Å². The predicted molar refractivity (Wildman–Crippen MR) is 116 cm³/mol. The molecule has 1 saturated carbocycles. The van der Waals surface area contributed by atoms with E-state index in [1.807, 2.05) is 11.6 Å². The predicted octanol–water partition coefficient (Wildman–Crippen LogP) is 2.50. The summed E-state index contributed by atoms with van der Waals surface area (Å²) in [5, 5.41) is 10.4. The molecular weight excluding hydrogens is 507 g/mol. The van der Waals surface area contributed by atoms with Gasteiger partial charge in [-0.1, -0.05) is 0 Å². The van der Waals surface area contributed by atoms with Crippen LogP contribution in [0.3, 0.4) is 0 Å². The Morgan fingerprint density at radius 2 is 1.97 bits per heavy atom. The molecular formula is C22H25F5N6O4. The van der Waals surface area contributed by atoms with Crippen LogP contribution in [0.25, 0.3) is 0 Å². The number of likely N-dealkylation sites (tertiary alicyclic amines) is 1. The molecule has 5 rings (SSSR count). The molecule has 2 N–H and O–H groups in total. The number of aliphatic carboxylic acids is 1. The van der Waals surface area contributed by atoms with E-state index >= 15 is 0 Å². The number of nitrogens with one attached hydrogen (secondary N) is 1. The smallest absolute Gasteiger partial charge is 0.475 e. The van der Waals surface area contributed by atoms with Gasteiger partial charge in [0.2, 0.25) is 17.8 Å². The minimum atomic E-state index is -5.08. The number of nitrogens with zero attached hydrogens (tertiary/aromatic N) is 5. The average Bonchev–Trinajstić information content (AvgIpc) is 3.42. The van der Waals surface area contributed by atoms with E-state index in [-0.39, 0.29) is 18.7 Å². The standard InChI is InChI=1S/C20H24F2N6O2.C2HF3O2/c1-27-12-23-7-15(27)8-25-18-24-6-14-9-30-11-19(16(14)26-18)2-3-28(10-19)17(29)13-4-20(21,22)5-13;3-2(4,5)1(6)7/h6-7,12-13H,2-5,8-11H2,1H3,(H,24,25,26);(H,6,7). The van der Waals surface area contributed by atoms with E-state index in [2.05, 4.69) is 15.3 Å². The molecule has 10 nitrogen and oxygen atoms in total. The number of alkyl halides is 5. The Labute approximate surface area is 207 Å². The largest absolute Gasteiger partial charge is 0.490 e. The third kappa shape index (κ3) is 5.81. The van der Waals surface area contributed by atoms with Gasteiger partial charge in [0.25, 0.3) is 0 Å². The van der Waals surface area contributed by atoms with E-state index in [1.165, 1.54) is 0 Å². The number of aryl methyl sites for hydroxylation is 1. The van der Waals surface area contributed by atoms with Crippen LogP contribution >= 0.6 is 0 Å². The van der Waals surface area contributed by atoms with Crippen LogP contribution in [0.5, 0.6) is 0 Å². The summed E-state index contributed by atoms with van der Waals surface area (Å²) in [6, 6.07) is 0. The quantitative estimate of drug-likeness (QED) is 0.576. The zero-order valence-corrected chi connectivity index (χ0v) is 19.8. The fourth-order valence-corrected chi connectivity index (χ4v) is 4.67. The molecule has 2 aromatic rings. The number of hydrogen-bond donors (Lipinski definition) is 2. The number of halogens is 5. The van der Waals surface area contributed by atoms with Crippen molar-refractivity contribution in [2.45, 2.75) is 49.9 Å². The number of fused-ring (bicyclic) bond motifs is 2. The maximum atomic E-state index is 13.2. The Kier molecular flexibility index (Phi) is 7.10. The number of amides is 1. The van der Waals surface area contributed by atoms with Gasteiger partial charge in [-0.15, -0.1) is 0 Å². The van der Waals surface area contributed by atoms with Gasteiger partial charge in [-0.05, 0) is 6.42 Å². The molecule has 0 aromatic carbocycles. The van der Waals surface area contributed by atoms with Crippen molar-refractivity contribution in [2.75, 3.05) is 25.0 Å². The van der Waals surface area contributed by atoms with Gasteiger partial charge in [0.05, 0.1) is 42.9 Å². The minimum Gasteiger partial charge on any atom is -0.475 e. The summed E-state index contributed by atoms with van der Waals surface area (Å²) >= 11 is 0. The zero-order valence-electron chi connectivity index (χ0n) is 19.8. The third-order valence-corrected chi connectivity index (χ3v) is 6.69. The number of carbonyl (C=O) groups excluding carboxylic acids is 1. The van der Waals surface area contributed by atoms with Crippen molar-refractivity contribution in [3.63, 3.8) is 0 Å². The van der Waals surface area contributed by atoms with Crippen LogP contribution in [0.4, 0.5) is 27.9 Å². The normalized spacial score (nSPS) is 22.6. The fourth-order valence-electron chi connectivity index (χ4n) is 4.67. The molecule has 1 unspecified atom stereocenters. The number of imidazole rings is 1. The van der Waals surface area contributed by atoms with Crippen LogP contribution < -0.4 is 5.32 Å². The summed E-state index contributed by atoms with van der Waals surface area (Å²) in [7, 11) is 1.92. The molecule has 1 spiro atoms. The van der Waals surface area contributed by atoms with Crippen molar-refractivity contribution in [3.8, 4) is 0 Å². The number of hydrogen-bond acceptors (Lipinski definition) is 7. The van der Waals surface area contributed by atoms with Crippen LogP contribution in [0.15, 0.2) is 18.7 Å². The summed E-state index contributed by atoms with van der Waals surface area (Å²) in [4.78, 5) is 36.6. The van der Waals surface area contributed by atoms with E-state index in [1.54, 1.807) is 23.6 Å². The van der Waals surface area contributed by atoms with Crippen molar-refractivity contribution in [1.29, 1.82) is 0 Å². The first-order valence-corrected chi connectivity index (χ1v) is 11.4. The maximum absolute atomic E-state index is 13.2. The second kappa shape index (κ2) is 9.84. The molecule has 0 radical (unpaired) electrons. The van der Waals surface area contributed by atoms with Crippen molar-refractivity contribution in [1.82, 2.24) is 24.4 Å². The molecule has 1 atom stereocenters. The molecule has 1 aliphatic carbocycles. The molecule has 202 valence electrons. The Hall–Kier alpha value is -3.36. The van der Waals surface area contributed by atoms with Gasteiger partial charge in [0.1, 0.15) is 0 Å². The number of carboxylic acids is 1. The SMILES string of the molecule is Cn1cncc1CNc1ncc2c(n1)C1(CCN(C(=O)C3CC(F)(F)C3)C1)COC2.O=C(O)C(F)(F)F. The first-order chi connectivity index (χ1) is 17.3. The molecule has 4 heterocycles. The lowest BCUT2D eigenvalue weighted by molar-refractivity contribution is -0.192. The highest BCUT2D eigenvalue weighted by molar-refractivity contribution is 5.80. The molecule has 2 aromatic heterocycles. The van der Waals surface area contributed by atoms with Gasteiger partial charge in [0, 0.05) is 56.9 Å². The van der Waals surface area contributed by atoms with Crippen molar-refractivity contribution in [2.24, 2.45) is 13.0 Å². The van der Waals surface area contributed by atoms with Gasteiger partial charge < -0.3 is 24.6 Å². The molecule has 15 heteroatoms. The molecule has 1 saturated heterocycles. The van der Waals surface area contributed by atoms with Gasteiger partial charge in [-0.25, -0.2) is 28.5 Å². The van der Waals surface area contributed by atoms with Crippen molar-refractivity contribution in [3.05, 3.63) is 35.7 Å². The molecule has 2 fully saturated rings. The number of ether oxygens (including phenoxy) is 1. The first kappa shape index (κ1) is 26.7. The van der Waals surface area contributed by atoms with Crippen LogP contribution in [0.2, 0.25) is 0 Å². The van der Waals surface area contributed by atoms with E-state index < -0.39 is 29.4 Å². The second-order valence-electron chi connectivity index (χ2n) is 9.46. The highest BCUT2D eigenvalue weighted by atomic mass is 19.4. The van der Waals surface area contributed by atoms with Gasteiger partial charge >= 0.3 is 12.1 Å². The van der Waals surface area contributed by atoms with E-state index in [4.69, 9.17) is 19.6 Å². The summed E-state index contributed by atoms with van der Waals surface area (Å²) < 4.78 is 65.9. The number of carboxylic acid groups (broad SMARTS) is 1. The lowest BCUT2D eigenvalue weighted by Gasteiger charge is -2.37. The van der Waals surface area contributed by atoms with Crippen molar-refractivity contribution < 1.29 is 41.4 Å². The maximum Gasteiger partial charge on any atom is 0.490 e. The van der Waals surface area contributed by atoms with Gasteiger partial charge in [-0.2, -0.15) is 13.2 Å². The lowest BCUT2D eigenvalue weighted by Crippen LogP contribution is -2.48. The summed E-state index contributed by atoms with van der Waals surface area (Å²) in [6.45, 7) is 2.41. The van der Waals surface area contributed by atoms with E-state index in [9.17, 15) is 26.7 Å². The Balaban J connectivity index is 0.000000405. The van der Waals surface area contributed by atoms with E-state index in [0.29, 0.717) is 45.2 Å². The zero-order chi connectivity index (χ0) is 27.0. The Morgan fingerprint density at radius 3 is 2.57 bits per heavy atom. The number of carbonyl (C=O) groups is 2. The summed E-state index contributed by atoms with van der Waals surface area (Å²) in [5.74, 6) is -5.68. The number of aromatic nitrogens is 4. The molecule has 1 amide bonds. The highest BCUT2D eigenvalue weighted by Gasteiger charge is 2.53. The topological polar surface area (TPSA) is 122 Å². The van der Waals surface area contributed by atoms with E-state index in [0.717, 1.165) is 17.0 Å². The molecule has 3 aliphatic rings. The van der Waals surface area contributed by atoms with Gasteiger partial charge in [-0.3, -0.25) is 4.79 Å². The Morgan fingerprint density at radius 1 is 1.27 bits per heavy atom. The third-order valence-electron chi connectivity index (χ3n) is 6.69. The fraction of sp³-hybridized carbons (Fsp3) is 0.591. The molecule has 0 bridgehead atoms. The number of rotatable bonds is 4. The van der Waals surface area contributed by atoms with Crippen LogP contribution in [0, 0.1) is 5.92 Å². The minimum absolute atomic E-state index is 0.173. The summed E-state index contributed by atoms with van der Waals surface area (Å²) in [6.07, 6.45) is 0.225. The van der Waals surface area contributed by atoms with Gasteiger partial charge in [0.15, 0.2) is 0 Å². The monoisotopic (exact) mass is 532 g/mol. The molecule has 2 aliphatic heterocycles. The first-order valence-electron chi connectivity index (χ1n) is 11.4.